The lowest BCUT2D eigenvalue weighted by Crippen LogP contribution is -1.98. The van der Waals surface area contributed by atoms with Gasteiger partial charge in [0.15, 0.2) is 0 Å². The largest absolute Gasteiger partial charge is 0.303 e. The minimum Gasteiger partial charge on any atom is -0.303 e. The molecule has 0 radical (unpaired) electrons. The summed E-state index contributed by atoms with van der Waals surface area (Å²) in [6.45, 7) is 2.10. The summed E-state index contributed by atoms with van der Waals surface area (Å²) in [5, 5.41) is 0. The molecule has 1 aromatic rings. The van der Waals surface area contributed by atoms with E-state index in [0.717, 1.165) is 24.7 Å². The van der Waals surface area contributed by atoms with E-state index in [1.807, 2.05) is 30.3 Å². The highest BCUT2D eigenvalue weighted by Gasteiger charge is 2.07. The van der Waals surface area contributed by atoms with Crippen LogP contribution in [0.15, 0.2) is 30.3 Å². The standard InChI is InChI=1S/C11H14O/c1-2-6-11(9-12)10-7-4-3-5-8-10/h3-5,7-9,11H,2,6H2,1H3. The summed E-state index contributed by atoms with van der Waals surface area (Å²) in [6, 6.07) is 9.93. The van der Waals surface area contributed by atoms with Crippen LogP contribution >= 0.6 is 0 Å². The van der Waals surface area contributed by atoms with Gasteiger partial charge in [0.25, 0.3) is 0 Å². The van der Waals surface area contributed by atoms with E-state index in [1.54, 1.807) is 0 Å². The van der Waals surface area contributed by atoms with Gasteiger partial charge in [-0.15, -0.1) is 0 Å². The summed E-state index contributed by atoms with van der Waals surface area (Å²) >= 11 is 0. The Morgan fingerprint density at radius 1 is 1.33 bits per heavy atom. The van der Waals surface area contributed by atoms with E-state index in [1.165, 1.54) is 0 Å². The van der Waals surface area contributed by atoms with Gasteiger partial charge in [-0.2, -0.15) is 0 Å². The zero-order chi connectivity index (χ0) is 8.81. The van der Waals surface area contributed by atoms with Crippen molar-refractivity contribution in [2.75, 3.05) is 0 Å². The van der Waals surface area contributed by atoms with Crippen molar-refractivity contribution in [3.8, 4) is 0 Å². The number of carbonyl (C=O) groups excluding carboxylic acids is 1. The van der Waals surface area contributed by atoms with E-state index in [-0.39, 0.29) is 5.92 Å². The lowest BCUT2D eigenvalue weighted by molar-refractivity contribution is -0.109. The molecule has 1 rings (SSSR count). The molecule has 0 amide bonds. The SMILES string of the molecule is CCCC(C=O)c1ccccc1. The highest BCUT2D eigenvalue weighted by molar-refractivity contribution is 5.61. The summed E-state index contributed by atoms with van der Waals surface area (Å²) in [7, 11) is 0. The molecule has 0 aliphatic carbocycles. The fourth-order valence-corrected chi connectivity index (χ4v) is 1.32. The maximum Gasteiger partial charge on any atom is 0.127 e. The Labute approximate surface area is 73.4 Å². The van der Waals surface area contributed by atoms with E-state index in [9.17, 15) is 4.79 Å². The number of carbonyl (C=O) groups is 1. The molecule has 0 bridgehead atoms. The van der Waals surface area contributed by atoms with Crippen LogP contribution in [0.4, 0.5) is 0 Å². The average molecular weight is 162 g/mol. The van der Waals surface area contributed by atoms with Gasteiger partial charge in [-0.25, -0.2) is 0 Å². The second-order valence-corrected chi connectivity index (χ2v) is 2.94. The molecule has 0 N–H and O–H groups in total. The average Bonchev–Trinajstić information content (AvgIpc) is 2.15. The highest BCUT2D eigenvalue weighted by Crippen LogP contribution is 2.17. The molecule has 0 aromatic heterocycles. The molecule has 0 saturated heterocycles. The molecule has 0 aliphatic heterocycles. The van der Waals surface area contributed by atoms with Crippen LogP contribution in [0, 0.1) is 0 Å². The third kappa shape index (κ3) is 2.19. The number of benzene rings is 1. The summed E-state index contributed by atoms with van der Waals surface area (Å²) in [5.74, 6) is 0.0937. The highest BCUT2D eigenvalue weighted by atomic mass is 16.1. The van der Waals surface area contributed by atoms with Crippen molar-refractivity contribution in [3.05, 3.63) is 35.9 Å². The number of hydrogen-bond acceptors (Lipinski definition) is 1. The first-order valence-corrected chi connectivity index (χ1v) is 4.38. The monoisotopic (exact) mass is 162 g/mol. The predicted octanol–water partition coefficient (Wildman–Crippen LogP) is 2.77. The van der Waals surface area contributed by atoms with Crippen molar-refractivity contribution in [2.45, 2.75) is 25.7 Å². The third-order valence-corrected chi connectivity index (χ3v) is 1.99. The van der Waals surface area contributed by atoms with E-state index < -0.39 is 0 Å². The molecule has 0 saturated carbocycles. The van der Waals surface area contributed by atoms with Gasteiger partial charge in [0.2, 0.25) is 0 Å². The second kappa shape index (κ2) is 4.70. The zero-order valence-corrected chi connectivity index (χ0v) is 7.36. The number of aldehydes is 1. The second-order valence-electron chi connectivity index (χ2n) is 2.94. The Morgan fingerprint density at radius 2 is 2.00 bits per heavy atom. The molecule has 1 unspecified atom stereocenters. The zero-order valence-electron chi connectivity index (χ0n) is 7.36. The molecular formula is C11H14O. The first-order chi connectivity index (χ1) is 5.88. The van der Waals surface area contributed by atoms with E-state index >= 15 is 0 Å². The summed E-state index contributed by atoms with van der Waals surface area (Å²) in [6.07, 6.45) is 3.05. The molecule has 0 fully saturated rings. The minimum atomic E-state index is 0.0937. The van der Waals surface area contributed by atoms with Gasteiger partial charge in [-0.3, -0.25) is 0 Å². The first-order valence-electron chi connectivity index (χ1n) is 4.38. The van der Waals surface area contributed by atoms with Gasteiger partial charge in [-0.1, -0.05) is 43.7 Å². The van der Waals surface area contributed by atoms with Crippen molar-refractivity contribution < 1.29 is 4.79 Å². The van der Waals surface area contributed by atoms with Gasteiger partial charge in [0.1, 0.15) is 6.29 Å². The summed E-state index contributed by atoms with van der Waals surface area (Å²) in [5.41, 5.74) is 1.13. The first kappa shape index (κ1) is 8.98. The van der Waals surface area contributed by atoms with Crippen LogP contribution < -0.4 is 0 Å². The van der Waals surface area contributed by atoms with Gasteiger partial charge in [0, 0.05) is 5.92 Å². The molecule has 0 spiro atoms. The maximum absolute atomic E-state index is 10.7. The third-order valence-electron chi connectivity index (χ3n) is 1.99. The van der Waals surface area contributed by atoms with Crippen molar-refractivity contribution in [2.24, 2.45) is 0 Å². The van der Waals surface area contributed by atoms with E-state index in [0.29, 0.717) is 0 Å². The van der Waals surface area contributed by atoms with Crippen LogP contribution in [0.1, 0.15) is 31.2 Å². The molecule has 1 heteroatoms. The summed E-state index contributed by atoms with van der Waals surface area (Å²) in [4.78, 5) is 10.7. The molecule has 1 aromatic carbocycles. The van der Waals surface area contributed by atoms with E-state index in [2.05, 4.69) is 6.92 Å². The van der Waals surface area contributed by atoms with E-state index in [4.69, 9.17) is 0 Å². The topological polar surface area (TPSA) is 17.1 Å². The molecule has 64 valence electrons. The van der Waals surface area contributed by atoms with Crippen molar-refractivity contribution in [1.82, 2.24) is 0 Å². The molecule has 1 nitrogen and oxygen atoms in total. The smallest absolute Gasteiger partial charge is 0.127 e. The fraction of sp³-hybridized carbons (Fsp3) is 0.364. The van der Waals surface area contributed by atoms with Crippen LogP contribution in [-0.2, 0) is 4.79 Å². The maximum atomic E-state index is 10.7. The van der Waals surface area contributed by atoms with Crippen molar-refractivity contribution in [3.63, 3.8) is 0 Å². The molecule has 0 aliphatic rings. The van der Waals surface area contributed by atoms with Gasteiger partial charge in [-0.05, 0) is 12.0 Å². The van der Waals surface area contributed by atoms with Crippen LogP contribution in [0.25, 0.3) is 0 Å². The summed E-state index contributed by atoms with van der Waals surface area (Å²) < 4.78 is 0. The molecule has 0 heterocycles. The van der Waals surface area contributed by atoms with Crippen molar-refractivity contribution >= 4 is 6.29 Å². The van der Waals surface area contributed by atoms with Crippen LogP contribution in [0.5, 0.6) is 0 Å². The minimum absolute atomic E-state index is 0.0937. The van der Waals surface area contributed by atoms with Gasteiger partial charge < -0.3 is 4.79 Å². The Balaban J connectivity index is 2.73. The predicted molar refractivity (Wildman–Crippen MR) is 50.2 cm³/mol. The Kier molecular flexibility index (Phi) is 3.52. The molecule has 1 atom stereocenters. The molecule has 12 heavy (non-hydrogen) atoms. The fourth-order valence-electron chi connectivity index (χ4n) is 1.32. The Bertz CT molecular complexity index is 228. The quantitative estimate of drug-likeness (QED) is 0.622. The lowest BCUT2D eigenvalue weighted by Gasteiger charge is -2.07. The van der Waals surface area contributed by atoms with Crippen LogP contribution in [-0.4, -0.2) is 6.29 Å². The Hall–Kier alpha value is -1.11. The lowest BCUT2D eigenvalue weighted by atomic mass is 9.96. The molecular weight excluding hydrogens is 148 g/mol. The van der Waals surface area contributed by atoms with Gasteiger partial charge >= 0.3 is 0 Å². The Morgan fingerprint density at radius 3 is 2.50 bits per heavy atom. The van der Waals surface area contributed by atoms with Crippen LogP contribution in [0.2, 0.25) is 0 Å². The van der Waals surface area contributed by atoms with Gasteiger partial charge in [0.05, 0.1) is 0 Å². The number of rotatable bonds is 4. The van der Waals surface area contributed by atoms with Crippen molar-refractivity contribution in [1.29, 1.82) is 0 Å². The number of hydrogen-bond donors (Lipinski definition) is 0. The van der Waals surface area contributed by atoms with Crippen LogP contribution in [0.3, 0.4) is 0 Å². The normalized spacial score (nSPS) is 12.4.